The van der Waals surface area contributed by atoms with Crippen molar-refractivity contribution in [2.75, 3.05) is 13.1 Å². The van der Waals surface area contributed by atoms with Gasteiger partial charge < -0.3 is 21.8 Å². The van der Waals surface area contributed by atoms with Gasteiger partial charge in [-0.05, 0) is 61.2 Å². The second-order valence-corrected chi connectivity index (χ2v) is 6.79. The van der Waals surface area contributed by atoms with Gasteiger partial charge in [0.1, 0.15) is 11.5 Å². The van der Waals surface area contributed by atoms with E-state index in [9.17, 15) is 9.18 Å². The molecular formula is C21H26ClFN4O. The quantitative estimate of drug-likeness (QED) is 0.485. The van der Waals surface area contributed by atoms with E-state index in [0.29, 0.717) is 18.8 Å². The van der Waals surface area contributed by atoms with E-state index in [-0.39, 0.29) is 30.2 Å². The summed E-state index contributed by atoms with van der Waals surface area (Å²) >= 11 is 0. The summed E-state index contributed by atoms with van der Waals surface area (Å²) in [5, 5.41) is 3.87. The van der Waals surface area contributed by atoms with Crippen LogP contribution in [0.4, 0.5) is 4.39 Å². The molecule has 0 radical (unpaired) electrons. The minimum atomic E-state index is -0.265. The van der Waals surface area contributed by atoms with Crippen LogP contribution < -0.4 is 16.8 Å². The Labute approximate surface area is 170 Å². The first kappa shape index (κ1) is 21.9. The van der Waals surface area contributed by atoms with E-state index in [1.54, 1.807) is 12.1 Å². The van der Waals surface area contributed by atoms with Crippen LogP contribution in [0, 0.1) is 12.7 Å². The fourth-order valence-electron chi connectivity index (χ4n) is 3.18. The third-order valence-corrected chi connectivity index (χ3v) is 4.77. The average molecular weight is 405 g/mol. The lowest BCUT2D eigenvalue weighted by molar-refractivity contribution is 0.0946. The predicted molar refractivity (Wildman–Crippen MR) is 114 cm³/mol. The van der Waals surface area contributed by atoms with Crippen LogP contribution in [0.25, 0.3) is 22.0 Å². The Hall–Kier alpha value is -2.41. The molecule has 0 aliphatic carbocycles. The number of carbonyl (C=O) groups is 1. The number of nitrogens with one attached hydrogen (secondary N) is 2. The maximum atomic E-state index is 13.1. The molecule has 1 heterocycles. The average Bonchev–Trinajstić information content (AvgIpc) is 3.01. The Morgan fingerprint density at radius 3 is 2.54 bits per heavy atom. The smallest absolute Gasteiger partial charge is 0.268 e. The summed E-state index contributed by atoms with van der Waals surface area (Å²) in [6.45, 7) is 2.92. The second-order valence-electron chi connectivity index (χ2n) is 6.79. The van der Waals surface area contributed by atoms with Gasteiger partial charge in [0.25, 0.3) is 5.91 Å². The maximum Gasteiger partial charge on any atom is 0.268 e. The molecule has 1 unspecified atom stereocenters. The number of carbonyl (C=O) groups excluding carboxylic acids is 1. The van der Waals surface area contributed by atoms with Crippen LogP contribution in [0.3, 0.4) is 0 Å². The fourth-order valence-corrected chi connectivity index (χ4v) is 3.18. The number of aryl methyl sites for hydroxylation is 1. The van der Waals surface area contributed by atoms with Gasteiger partial charge in [0.2, 0.25) is 0 Å². The molecule has 0 saturated heterocycles. The number of halogens is 2. The maximum absolute atomic E-state index is 13.1. The van der Waals surface area contributed by atoms with Crippen LogP contribution in [-0.2, 0) is 0 Å². The number of benzene rings is 2. The number of aromatic amines is 1. The topological polar surface area (TPSA) is 96.9 Å². The molecule has 0 aliphatic rings. The van der Waals surface area contributed by atoms with Crippen LogP contribution in [-0.4, -0.2) is 30.0 Å². The lowest BCUT2D eigenvalue weighted by atomic mass is 10.0. The number of hydrogen-bond donors (Lipinski definition) is 4. The highest BCUT2D eigenvalue weighted by Crippen LogP contribution is 2.27. The van der Waals surface area contributed by atoms with Crippen molar-refractivity contribution in [3.05, 3.63) is 59.5 Å². The highest BCUT2D eigenvalue weighted by Gasteiger charge is 2.16. The summed E-state index contributed by atoms with van der Waals surface area (Å²) in [4.78, 5) is 15.7. The molecule has 0 saturated carbocycles. The highest BCUT2D eigenvalue weighted by molar-refractivity contribution is 6.01. The Morgan fingerprint density at radius 2 is 1.86 bits per heavy atom. The zero-order valence-electron chi connectivity index (χ0n) is 15.8. The number of H-pyrrole nitrogens is 1. The summed E-state index contributed by atoms with van der Waals surface area (Å²) in [6.07, 6.45) is 1.62. The van der Waals surface area contributed by atoms with E-state index >= 15 is 0 Å². The van der Waals surface area contributed by atoms with Crippen molar-refractivity contribution in [2.24, 2.45) is 11.5 Å². The largest absolute Gasteiger partial charge is 0.350 e. The van der Waals surface area contributed by atoms with E-state index in [1.807, 2.05) is 25.1 Å². The second kappa shape index (κ2) is 9.68. The summed E-state index contributed by atoms with van der Waals surface area (Å²) in [5.41, 5.74) is 15.6. The van der Waals surface area contributed by atoms with Crippen LogP contribution in [0.15, 0.2) is 42.5 Å². The molecule has 3 rings (SSSR count). The van der Waals surface area contributed by atoms with Crippen molar-refractivity contribution in [1.82, 2.24) is 10.3 Å². The minimum absolute atomic E-state index is 0. The van der Waals surface area contributed by atoms with Gasteiger partial charge in [0.15, 0.2) is 0 Å². The van der Waals surface area contributed by atoms with Gasteiger partial charge in [0.05, 0.1) is 0 Å². The predicted octanol–water partition coefficient (Wildman–Crippen LogP) is 3.50. The molecule has 2 aromatic carbocycles. The Balaban J connectivity index is 0.00000280. The van der Waals surface area contributed by atoms with Gasteiger partial charge in [-0.1, -0.05) is 24.3 Å². The summed E-state index contributed by atoms with van der Waals surface area (Å²) in [5.74, 6) is -0.436. The van der Waals surface area contributed by atoms with Gasteiger partial charge in [0, 0.05) is 23.5 Å². The molecule has 5 nitrogen and oxygen atoms in total. The van der Waals surface area contributed by atoms with Crippen molar-refractivity contribution < 1.29 is 9.18 Å². The van der Waals surface area contributed by atoms with Gasteiger partial charge in [-0.2, -0.15) is 0 Å². The van der Waals surface area contributed by atoms with E-state index < -0.39 is 0 Å². The van der Waals surface area contributed by atoms with Crippen molar-refractivity contribution in [2.45, 2.75) is 25.8 Å². The van der Waals surface area contributed by atoms with Crippen LogP contribution in [0.2, 0.25) is 0 Å². The lowest BCUT2D eigenvalue weighted by Crippen LogP contribution is -2.37. The van der Waals surface area contributed by atoms with Crippen molar-refractivity contribution in [1.29, 1.82) is 0 Å². The van der Waals surface area contributed by atoms with E-state index in [0.717, 1.165) is 40.4 Å². The third kappa shape index (κ3) is 4.90. The molecule has 1 aromatic heterocycles. The number of rotatable bonds is 7. The molecule has 1 amide bonds. The summed E-state index contributed by atoms with van der Waals surface area (Å²) < 4.78 is 13.1. The molecule has 150 valence electrons. The van der Waals surface area contributed by atoms with Crippen LogP contribution in [0.5, 0.6) is 0 Å². The minimum Gasteiger partial charge on any atom is -0.350 e. The standard InChI is InChI=1S/C21H25FN4O.ClH/c1-13-18-9-6-15(14-4-7-16(22)8-5-14)11-19(18)26-20(13)21(27)25-12-17(24)3-2-10-23;/h4-9,11,17,26H,2-3,10,12,23-24H2,1H3,(H,25,27);1H. The van der Waals surface area contributed by atoms with Gasteiger partial charge >= 0.3 is 0 Å². The van der Waals surface area contributed by atoms with Crippen LogP contribution >= 0.6 is 12.4 Å². The number of fused-ring (bicyclic) bond motifs is 1. The monoisotopic (exact) mass is 404 g/mol. The number of aromatic nitrogens is 1. The first-order valence-corrected chi connectivity index (χ1v) is 9.11. The zero-order valence-corrected chi connectivity index (χ0v) is 16.6. The Kier molecular flexibility index (Phi) is 7.57. The molecule has 6 N–H and O–H groups in total. The van der Waals surface area contributed by atoms with Gasteiger partial charge in [-0.15, -0.1) is 12.4 Å². The molecule has 0 bridgehead atoms. The van der Waals surface area contributed by atoms with E-state index in [4.69, 9.17) is 11.5 Å². The molecule has 1 atom stereocenters. The molecule has 28 heavy (non-hydrogen) atoms. The third-order valence-electron chi connectivity index (χ3n) is 4.77. The number of amides is 1. The van der Waals surface area contributed by atoms with Gasteiger partial charge in [-0.25, -0.2) is 4.39 Å². The zero-order chi connectivity index (χ0) is 19.4. The fraction of sp³-hybridized carbons (Fsp3) is 0.286. The molecule has 0 aliphatic heterocycles. The summed E-state index contributed by atoms with van der Waals surface area (Å²) in [7, 11) is 0. The Bertz CT molecular complexity index is 939. The normalized spacial score (nSPS) is 11.9. The molecular weight excluding hydrogens is 379 g/mol. The summed E-state index contributed by atoms with van der Waals surface area (Å²) in [6, 6.07) is 12.2. The first-order valence-electron chi connectivity index (χ1n) is 9.11. The van der Waals surface area contributed by atoms with E-state index in [1.165, 1.54) is 12.1 Å². The first-order chi connectivity index (χ1) is 13.0. The molecule has 3 aromatic rings. The molecule has 7 heteroatoms. The van der Waals surface area contributed by atoms with Crippen molar-refractivity contribution in [3.63, 3.8) is 0 Å². The number of hydrogen-bond acceptors (Lipinski definition) is 3. The molecule has 0 spiro atoms. The molecule has 0 fully saturated rings. The number of nitrogens with two attached hydrogens (primary N) is 2. The lowest BCUT2D eigenvalue weighted by Gasteiger charge is -2.12. The van der Waals surface area contributed by atoms with Gasteiger partial charge in [-0.3, -0.25) is 4.79 Å². The highest BCUT2D eigenvalue weighted by atomic mass is 35.5. The Morgan fingerprint density at radius 1 is 1.18 bits per heavy atom. The van der Waals surface area contributed by atoms with Crippen molar-refractivity contribution in [3.8, 4) is 11.1 Å². The SMILES string of the molecule is Cc1c(C(=O)NCC(N)CCCN)[nH]c2cc(-c3ccc(F)cc3)ccc12.Cl. The van der Waals surface area contributed by atoms with E-state index in [2.05, 4.69) is 10.3 Å². The van der Waals surface area contributed by atoms with Crippen molar-refractivity contribution >= 4 is 29.2 Å². The van der Waals surface area contributed by atoms with Crippen LogP contribution in [0.1, 0.15) is 28.9 Å².